The zero-order chi connectivity index (χ0) is 27.9. The predicted octanol–water partition coefficient (Wildman–Crippen LogP) is 6.23. The van der Waals surface area contributed by atoms with Gasteiger partial charge in [-0.05, 0) is 42.7 Å². The minimum absolute atomic E-state index is 0.333. The molecule has 0 bridgehead atoms. The maximum absolute atomic E-state index is 12.9. The van der Waals surface area contributed by atoms with Crippen molar-refractivity contribution in [3.63, 3.8) is 0 Å². The standard InChI is InChI=1S/C30H30N4O5/c1-4-23(29(36)37)24-12-8-9-13-25(24)31-28(35)22-16-14-21(15-17-22)27-32-26(18-34(27)3)33-30(38)39-19(2)20-10-6-5-7-11-20/h5-19,23H,4H2,1-3H3,(H,31,35)(H,33,38)(H,36,37). The minimum Gasteiger partial charge on any atom is -0.481 e. The molecule has 0 spiro atoms. The van der Waals surface area contributed by atoms with Crippen LogP contribution in [0, 0.1) is 0 Å². The molecular formula is C30H30N4O5. The number of rotatable bonds is 9. The summed E-state index contributed by atoms with van der Waals surface area (Å²) in [5.41, 5.74) is 3.05. The highest BCUT2D eigenvalue weighted by atomic mass is 16.6. The summed E-state index contributed by atoms with van der Waals surface area (Å²) in [4.78, 5) is 41.5. The van der Waals surface area contributed by atoms with Crippen LogP contribution in [0.25, 0.3) is 11.4 Å². The fraction of sp³-hybridized carbons (Fsp3) is 0.200. The lowest BCUT2D eigenvalue weighted by molar-refractivity contribution is -0.138. The Morgan fingerprint density at radius 3 is 2.28 bits per heavy atom. The monoisotopic (exact) mass is 526 g/mol. The molecule has 2 atom stereocenters. The second kappa shape index (κ2) is 12.1. The van der Waals surface area contributed by atoms with Gasteiger partial charge in [0, 0.05) is 30.1 Å². The van der Waals surface area contributed by atoms with E-state index < -0.39 is 24.1 Å². The second-order valence-electron chi connectivity index (χ2n) is 9.06. The number of ether oxygens (including phenoxy) is 1. The van der Waals surface area contributed by atoms with Crippen LogP contribution in [0.5, 0.6) is 0 Å². The van der Waals surface area contributed by atoms with Gasteiger partial charge in [-0.1, -0.05) is 67.6 Å². The number of carbonyl (C=O) groups excluding carboxylic acids is 2. The van der Waals surface area contributed by atoms with Crippen LogP contribution < -0.4 is 10.6 Å². The lowest BCUT2D eigenvalue weighted by Gasteiger charge is -2.16. The Balaban J connectivity index is 1.43. The minimum atomic E-state index is -0.938. The van der Waals surface area contributed by atoms with Gasteiger partial charge >= 0.3 is 12.1 Å². The molecule has 39 heavy (non-hydrogen) atoms. The topological polar surface area (TPSA) is 123 Å². The zero-order valence-corrected chi connectivity index (χ0v) is 21.9. The van der Waals surface area contributed by atoms with Gasteiger partial charge in [-0.2, -0.15) is 0 Å². The van der Waals surface area contributed by atoms with Crippen LogP contribution in [-0.4, -0.2) is 32.6 Å². The summed E-state index contributed by atoms with van der Waals surface area (Å²) in [6.45, 7) is 3.59. The largest absolute Gasteiger partial charge is 0.481 e. The molecule has 3 aromatic carbocycles. The highest BCUT2D eigenvalue weighted by Crippen LogP contribution is 2.28. The fourth-order valence-electron chi connectivity index (χ4n) is 4.29. The van der Waals surface area contributed by atoms with E-state index in [1.54, 1.807) is 80.2 Å². The Bertz CT molecular complexity index is 1460. The van der Waals surface area contributed by atoms with Gasteiger partial charge in [0.2, 0.25) is 0 Å². The number of imidazole rings is 1. The summed E-state index contributed by atoms with van der Waals surface area (Å²) in [5.74, 6) is -1.09. The van der Waals surface area contributed by atoms with Crippen LogP contribution in [0.3, 0.4) is 0 Å². The Hall–Kier alpha value is -4.92. The third kappa shape index (κ3) is 6.51. The summed E-state index contributed by atoms with van der Waals surface area (Å²) < 4.78 is 7.22. The van der Waals surface area contributed by atoms with Crippen molar-refractivity contribution >= 4 is 29.5 Å². The van der Waals surface area contributed by atoms with E-state index in [1.165, 1.54) is 0 Å². The lowest BCUT2D eigenvalue weighted by Crippen LogP contribution is -2.17. The Morgan fingerprint density at radius 1 is 0.949 bits per heavy atom. The van der Waals surface area contributed by atoms with E-state index >= 15 is 0 Å². The lowest BCUT2D eigenvalue weighted by atomic mass is 9.95. The van der Waals surface area contributed by atoms with E-state index in [0.29, 0.717) is 34.9 Å². The molecule has 4 rings (SSSR count). The van der Waals surface area contributed by atoms with Crippen LogP contribution in [0.2, 0.25) is 0 Å². The first kappa shape index (κ1) is 27.1. The third-order valence-electron chi connectivity index (χ3n) is 6.36. The molecule has 0 aliphatic rings. The summed E-state index contributed by atoms with van der Waals surface area (Å²) >= 11 is 0. The van der Waals surface area contributed by atoms with Gasteiger partial charge < -0.3 is 19.7 Å². The van der Waals surface area contributed by atoms with Crippen LogP contribution in [0.1, 0.15) is 53.8 Å². The molecule has 9 nitrogen and oxygen atoms in total. The molecule has 0 aliphatic carbocycles. The second-order valence-corrected chi connectivity index (χ2v) is 9.06. The summed E-state index contributed by atoms with van der Waals surface area (Å²) in [6, 6.07) is 23.2. The SMILES string of the molecule is CCC(C(=O)O)c1ccccc1NC(=O)c1ccc(-c2nc(NC(=O)OC(C)c3ccccc3)cn2C)cc1. The van der Waals surface area contributed by atoms with Gasteiger partial charge in [0.1, 0.15) is 11.9 Å². The molecule has 2 amide bonds. The average Bonchev–Trinajstić information content (AvgIpc) is 3.29. The molecule has 1 heterocycles. The van der Waals surface area contributed by atoms with Gasteiger partial charge in [0.15, 0.2) is 5.82 Å². The Kier molecular flexibility index (Phi) is 8.40. The zero-order valence-electron chi connectivity index (χ0n) is 21.9. The molecular weight excluding hydrogens is 496 g/mol. The molecule has 0 fully saturated rings. The number of aryl methyl sites for hydroxylation is 1. The number of nitrogens with one attached hydrogen (secondary N) is 2. The molecule has 1 aromatic heterocycles. The normalized spacial score (nSPS) is 12.3. The number of nitrogens with zero attached hydrogens (tertiary/aromatic N) is 2. The molecule has 0 radical (unpaired) electrons. The maximum atomic E-state index is 12.9. The van der Waals surface area contributed by atoms with Gasteiger partial charge in [-0.15, -0.1) is 0 Å². The molecule has 3 N–H and O–H groups in total. The van der Waals surface area contributed by atoms with Crippen molar-refractivity contribution in [2.24, 2.45) is 7.05 Å². The van der Waals surface area contributed by atoms with E-state index in [2.05, 4.69) is 15.6 Å². The smallest absolute Gasteiger partial charge is 0.413 e. The molecule has 0 saturated carbocycles. The number of carbonyl (C=O) groups is 3. The van der Waals surface area contributed by atoms with Crippen LogP contribution in [-0.2, 0) is 16.6 Å². The quantitative estimate of drug-likeness (QED) is 0.238. The number of hydrogen-bond acceptors (Lipinski definition) is 5. The number of carboxylic acid groups (broad SMARTS) is 1. The maximum Gasteiger partial charge on any atom is 0.413 e. The average molecular weight is 527 g/mol. The summed E-state index contributed by atoms with van der Waals surface area (Å²) in [5, 5.41) is 15.0. The van der Waals surface area contributed by atoms with E-state index in [-0.39, 0.29) is 5.91 Å². The molecule has 200 valence electrons. The van der Waals surface area contributed by atoms with Crippen LogP contribution in [0.4, 0.5) is 16.3 Å². The highest BCUT2D eigenvalue weighted by molar-refractivity contribution is 6.05. The van der Waals surface area contributed by atoms with Gasteiger partial charge in [-0.3, -0.25) is 14.9 Å². The predicted molar refractivity (Wildman–Crippen MR) is 149 cm³/mol. The molecule has 0 aliphatic heterocycles. The number of aromatic nitrogens is 2. The molecule has 9 heteroatoms. The van der Waals surface area contributed by atoms with E-state index in [9.17, 15) is 19.5 Å². The first-order valence-electron chi connectivity index (χ1n) is 12.6. The fourth-order valence-corrected chi connectivity index (χ4v) is 4.29. The number of benzene rings is 3. The Labute approximate surface area is 226 Å². The number of carboxylic acids is 1. The van der Waals surface area contributed by atoms with E-state index in [4.69, 9.17) is 4.74 Å². The van der Waals surface area contributed by atoms with Crippen molar-refractivity contribution in [3.05, 3.63) is 102 Å². The van der Waals surface area contributed by atoms with Crippen molar-refractivity contribution in [2.75, 3.05) is 10.6 Å². The first-order chi connectivity index (χ1) is 18.8. The van der Waals surface area contributed by atoms with Crippen molar-refractivity contribution in [1.29, 1.82) is 0 Å². The number of amides is 2. The van der Waals surface area contributed by atoms with Crippen molar-refractivity contribution in [1.82, 2.24) is 9.55 Å². The van der Waals surface area contributed by atoms with Crippen LogP contribution in [0.15, 0.2) is 85.1 Å². The number of para-hydroxylation sites is 1. The summed E-state index contributed by atoms with van der Waals surface area (Å²) in [6.07, 6.45) is 1.04. The number of aliphatic carboxylic acids is 1. The molecule has 4 aromatic rings. The van der Waals surface area contributed by atoms with E-state index in [1.807, 2.05) is 30.3 Å². The Morgan fingerprint density at radius 2 is 1.62 bits per heavy atom. The highest BCUT2D eigenvalue weighted by Gasteiger charge is 2.22. The van der Waals surface area contributed by atoms with Gasteiger partial charge in [0.05, 0.1) is 5.92 Å². The van der Waals surface area contributed by atoms with Gasteiger partial charge in [0.25, 0.3) is 5.91 Å². The molecule has 0 saturated heterocycles. The summed E-state index contributed by atoms with van der Waals surface area (Å²) in [7, 11) is 1.80. The number of hydrogen-bond donors (Lipinski definition) is 3. The van der Waals surface area contributed by atoms with Gasteiger partial charge in [-0.25, -0.2) is 9.78 Å². The number of anilines is 2. The third-order valence-corrected chi connectivity index (χ3v) is 6.36. The van der Waals surface area contributed by atoms with Crippen molar-refractivity contribution < 1.29 is 24.2 Å². The van der Waals surface area contributed by atoms with Crippen molar-refractivity contribution in [3.8, 4) is 11.4 Å². The first-order valence-corrected chi connectivity index (χ1v) is 12.6. The van der Waals surface area contributed by atoms with E-state index in [0.717, 1.165) is 11.1 Å². The van der Waals surface area contributed by atoms with Crippen molar-refractivity contribution in [2.45, 2.75) is 32.3 Å². The van der Waals surface area contributed by atoms with Crippen LogP contribution >= 0.6 is 0 Å². The molecule has 2 unspecified atom stereocenters.